The Labute approximate surface area is 156 Å². The molecule has 26 heavy (non-hydrogen) atoms. The lowest BCUT2D eigenvalue weighted by atomic mass is 10.1. The van der Waals surface area contributed by atoms with E-state index in [1.54, 1.807) is 9.36 Å². The van der Waals surface area contributed by atoms with Gasteiger partial charge in [-0.2, -0.15) is 9.78 Å². The highest BCUT2D eigenvalue weighted by atomic mass is 32.2. The number of tetrazole rings is 1. The zero-order valence-corrected chi connectivity index (χ0v) is 16.3. The summed E-state index contributed by atoms with van der Waals surface area (Å²) < 4.78 is 3.42. The summed E-state index contributed by atoms with van der Waals surface area (Å²) in [4.78, 5) is 12.3. The second-order valence-electron chi connectivity index (χ2n) is 6.10. The molecule has 0 aliphatic carbocycles. The number of hydrogen-bond donors (Lipinski definition) is 1. The monoisotopic (exact) mass is 371 g/mol. The van der Waals surface area contributed by atoms with Crippen LogP contribution in [0.3, 0.4) is 0 Å². The maximum absolute atomic E-state index is 12.3. The number of rotatable bonds is 5. The van der Waals surface area contributed by atoms with Crippen molar-refractivity contribution in [2.24, 2.45) is 7.05 Å². The highest BCUT2D eigenvalue weighted by Crippen LogP contribution is 2.23. The average molecular weight is 371 g/mol. The molecule has 0 fully saturated rings. The fraction of sp³-hybridized carbons (Fsp3) is 0.353. The molecule has 0 spiro atoms. The van der Waals surface area contributed by atoms with E-state index in [-0.39, 0.29) is 11.7 Å². The summed E-state index contributed by atoms with van der Waals surface area (Å²) in [6, 6.07) is 5.97. The molecule has 8 nitrogen and oxygen atoms in total. The second-order valence-corrected chi connectivity index (χ2v) is 7.04. The molecule has 3 rings (SSSR count). The van der Waals surface area contributed by atoms with Gasteiger partial charge >= 0.3 is 0 Å². The molecule has 1 N–H and O–H groups in total. The van der Waals surface area contributed by atoms with Gasteiger partial charge in [-0.3, -0.25) is 9.48 Å². The highest BCUT2D eigenvalue weighted by Gasteiger charge is 2.16. The molecule has 0 bridgehead atoms. The van der Waals surface area contributed by atoms with Crippen LogP contribution >= 0.6 is 11.8 Å². The van der Waals surface area contributed by atoms with Gasteiger partial charge in [-0.25, -0.2) is 0 Å². The summed E-state index contributed by atoms with van der Waals surface area (Å²) in [6.45, 7) is 7.87. The van der Waals surface area contributed by atoms with E-state index >= 15 is 0 Å². The van der Waals surface area contributed by atoms with Crippen LogP contribution in [0.1, 0.15) is 22.5 Å². The Morgan fingerprint density at radius 1 is 1.23 bits per heavy atom. The van der Waals surface area contributed by atoms with E-state index in [4.69, 9.17) is 0 Å². The Bertz CT molecular complexity index is 960. The lowest BCUT2D eigenvalue weighted by Gasteiger charge is -2.09. The van der Waals surface area contributed by atoms with Gasteiger partial charge in [-0.15, -0.1) is 5.10 Å². The molecule has 3 aromatic rings. The summed E-state index contributed by atoms with van der Waals surface area (Å²) in [5.41, 5.74) is 5.65. The van der Waals surface area contributed by atoms with Crippen molar-refractivity contribution < 1.29 is 4.79 Å². The Balaban J connectivity index is 1.72. The predicted molar refractivity (Wildman–Crippen MR) is 101 cm³/mol. The van der Waals surface area contributed by atoms with Crippen molar-refractivity contribution in [3.05, 3.63) is 40.7 Å². The number of carbonyl (C=O) groups excluding carboxylic acids is 1. The normalized spacial score (nSPS) is 11.0. The van der Waals surface area contributed by atoms with Crippen LogP contribution < -0.4 is 5.32 Å². The van der Waals surface area contributed by atoms with Gasteiger partial charge < -0.3 is 5.32 Å². The number of aryl methyl sites for hydroxylation is 3. The summed E-state index contributed by atoms with van der Waals surface area (Å²) in [5.74, 6) is 0.0867. The number of hydrogen-bond acceptors (Lipinski definition) is 6. The molecule has 0 saturated carbocycles. The fourth-order valence-electron chi connectivity index (χ4n) is 2.65. The average Bonchev–Trinajstić information content (AvgIpc) is 3.16. The number of nitrogens with one attached hydrogen (secondary N) is 1. The van der Waals surface area contributed by atoms with Gasteiger partial charge in [0.15, 0.2) is 0 Å². The minimum atomic E-state index is -0.121. The molecule has 0 aliphatic rings. The minimum absolute atomic E-state index is 0.121. The molecule has 0 atom stereocenters. The highest BCUT2D eigenvalue weighted by molar-refractivity contribution is 7.99. The van der Waals surface area contributed by atoms with Gasteiger partial charge in [0.2, 0.25) is 11.1 Å². The number of benzene rings is 1. The second kappa shape index (κ2) is 7.28. The van der Waals surface area contributed by atoms with Crippen molar-refractivity contribution in [3.63, 3.8) is 0 Å². The van der Waals surface area contributed by atoms with Crippen molar-refractivity contribution in [2.75, 3.05) is 11.1 Å². The van der Waals surface area contributed by atoms with Gasteiger partial charge in [0.1, 0.15) is 0 Å². The predicted octanol–water partition coefficient (Wildman–Crippen LogP) is 2.36. The Morgan fingerprint density at radius 2 is 2.00 bits per heavy atom. The topological polar surface area (TPSA) is 90.5 Å². The molecule has 136 valence electrons. The van der Waals surface area contributed by atoms with E-state index in [1.165, 1.54) is 11.8 Å². The first-order valence-corrected chi connectivity index (χ1v) is 9.15. The summed E-state index contributed by atoms with van der Waals surface area (Å²) in [5, 5.41) is 19.7. The summed E-state index contributed by atoms with van der Waals surface area (Å²) >= 11 is 1.30. The van der Waals surface area contributed by atoms with Crippen LogP contribution in [-0.4, -0.2) is 41.6 Å². The lowest BCUT2D eigenvalue weighted by molar-refractivity contribution is -0.113. The van der Waals surface area contributed by atoms with E-state index in [2.05, 4.69) is 25.9 Å². The number of anilines is 1. The van der Waals surface area contributed by atoms with E-state index in [1.807, 2.05) is 52.9 Å². The van der Waals surface area contributed by atoms with Crippen LogP contribution in [0.2, 0.25) is 0 Å². The van der Waals surface area contributed by atoms with Gasteiger partial charge in [0, 0.05) is 7.05 Å². The number of nitrogens with zero attached hydrogens (tertiary/aromatic N) is 6. The summed E-state index contributed by atoms with van der Waals surface area (Å²) in [6.07, 6.45) is 0. The van der Waals surface area contributed by atoms with Crippen LogP contribution in [0.25, 0.3) is 5.69 Å². The molecule has 1 amide bonds. The number of amides is 1. The van der Waals surface area contributed by atoms with Crippen LogP contribution in [0.5, 0.6) is 0 Å². The van der Waals surface area contributed by atoms with Crippen molar-refractivity contribution in [1.29, 1.82) is 0 Å². The lowest BCUT2D eigenvalue weighted by Crippen LogP contribution is -2.16. The largest absolute Gasteiger partial charge is 0.322 e. The zero-order valence-electron chi connectivity index (χ0n) is 15.4. The summed E-state index contributed by atoms with van der Waals surface area (Å²) in [7, 11) is 1.85. The van der Waals surface area contributed by atoms with E-state index < -0.39 is 0 Å². The van der Waals surface area contributed by atoms with Crippen molar-refractivity contribution in [3.8, 4) is 5.69 Å². The zero-order chi connectivity index (χ0) is 18.8. The van der Waals surface area contributed by atoms with Gasteiger partial charge in [-0.1, -0.05) is 23.9 Å². The molecular formula is C17H21N7OS. The SMILES string of the molecule is Cc1cccc(-n2nnnc2SCC(=O)Nc2c(C)nn(C)c2C)c1C. The van der Waals surface area contributed by atoms with Gasteiger partial charge in [-0.05, 0) is 55.3 Å². The molecule has 9 heteroatoms. The van der Waals surface area contributed by atoms with Crippen LogP contribution in [-0.2, 0) is 11.8 Å². The fourth-order valence-corrected chi connectivity index (χ4v) is 3.33. The molecule has 1 aromatic carbocycles. The molecule has 0 saturated heterocycles. The maximum atomic E-state index is 12.3. The number of carbonyl (C=O) groups is 1. The molecule has 2 aromatic heterocycles. The third-order valence-corrected chi connectivity index (χ3v) is 5.27. The Morgan fingerprint density at radius 3 is 2.69 bits per heavy atom. The number of thioether (sulfide) groups is 1. The third-order valence-electron chi connectivity index (χ3n) is 4.35. The first-order chi connectivity index (χ1) is 12.4. The molecule has 0 unspecified atom stereocenters. The van der Waals surface area contributed by atoms with Gasteiger partial charge in [0.05, 0.1) is 28.5 Å². The van der Waals surface area contributed by atoms with Crippen molar-refractivity contribution in [1.82, 2.24) is 30.0 Å². The maximum Gasteiger partial charge on any atom is 0.234 e. The van der Waals surface area contributed by atoms with Crippen molar-refractivity contribution in [2.45, 2.75) is 32.9 Å². The first-order valence-electron chi connectivity index (χ1n) is 8.16. The Kier molecular flexibility index (Phi) is 5.08. The smallest absolute Gasteiger partial charge is 0.234 e. The number of aromatic nitrogens is 6. The Hall–Kier alpha value is -2.68. The third kappa shape index (κ3) is 3.48. The molecule has 0 radical (unpaired) electrons. The first kappa shape index (κ1) is 18.1. The van der Waals surface area contributed by atoms with E-state index in [0.29, 0.717) is 5.16 Å². The quantitative estimate of drug-likeness (QED) is 0.693. The standard InChI is InChI=1S/C17H21N7OS/c1-10-7-6-8-14(11(10)2)24-17(19-21-22-24)26-9-15(25)18-16-12(3)20-23(5)13(16)4/h6-8H,9H2,1-5H3,(H,18,25). The van der Waals surface area contributed by atoms with Crippen LogP contribution in [0.4, 0.5) is 5.69 Å². The van der Waals surface area contributed by atoms with Crippen LogP contribution in [0.15, 0.2) is 23.4 Å². The van der Waals surface area contributed by atoms with E-state index in [0.717, 1.165) is 33.9 Å². The molecular weight excluding hydrogens is 350 g/mol. The van der Waals surface area contributed by atoms with Gasteiger partial charge in [0.25, 0.3) is 0 Å². The van der Waals surface area contributed by atoms with Crippen molar-refractivity contribution >= 4 is 23.4 Å². The molecule has 2 heterocycles. The van der Waals surface area contributed by atoms with E-state index in [9.17, 15) is 4.79 Å². The minimum Gasteiger partial charge on any atom is -0.322 e. The molecule has 0 aliphatic heterocycles. The van der Waals surface area contributed by atoms with Crippen LogP contribution in [0, 0.1) is 27.7 Å².